The van der Waals surface area contributed by atoms with Crippen molar-refractivity contribution in [2.24, 2.45) is 0 Å². The SMILES string of the molecule is CCCCCCCCCCCCCCCCCC(CCCCCCCCCCCCC)c1[nH]cc[n+]1C(C)CCCCCCCC. The Bertz CT molecular complexity index is 709. The highest BCUT2D eigenvalue weighted by atomic mass is 15.1. The summed E-state index contributed by atoms with van der Waals surface area (Å²) >= 11 is 0. The molecule has 0 spiro atoms. The van der Waals surface area contributed by atoms with Crippen LogP contribution in [0.1, 0.15) is 270 Å². The van der Waals surface area contributed by atoms with Crippen LogP contribution in [0.15, 0.2) is 12.4 Å². The summed E-state index contributed by atoms with van der Waals surface area (Å²) in [6.07, 6.45) is 54.6. The van der Waals surface area contributed by atoms with Crippen molar-refractivity contribution >= 4 is 0 Å². The molecule has 1 rings (SSSR count). The standard InChI is InChI=1S/C44H86N2/c1-5-8-11-14-17-19-21-22-23-24-26-28-30-33-36-39-43(38-35-32-29-27-25-20-18-15-12-9-6-2)44-45-40-41-46(44)42(4)37-34-31-16-13-10-7-3/h40-43H,5-39H2,1-4H3/p+1. The molecule has 0 saturated heterocycles. The summed E-state index contributed by atoms with van der Waals surface area (Å²) in [5.74, 6) is 2.25. The molecule has 2 unspecified atom stereocenters. The quantitative estimate of drug-likeness (QED) is 0.0550. The van der Waals surface area contributed by atoms with Gasteiger partial charge in [0.05, 0.1) is 12.0 Å². The van der Waals surface area contributed by atoms with Gasteiger partial charge in [-0.25, -0.2) is 9.55 Å². The molecule has 0 bridgehead atoms. The number of unbranched alkanes of at least 4 members (excludes halogenated alkanes) is 29. The van der Waals surface area contributed by atoms with Crippen LogP contribution in [0.25, 0.3) is 0 Å². The highest BCUT2D eigenvalue weighted by Crippen LogP contribution is 2.27. The molecule has 1 heterocycles. The lowest BCUT2D eigenvalue weighted by molar-refractivity contribution is -0.727. The third kappa shape index (κ3) is 25.3. The van der Waals surface area contributed by atoms with Crippen LogP contribution in [0.2, 0.25) is 0 Å². The van der Waals surface area contributed by atoms with Crippen LogP contribution in [0.5, 0.6) is 0 Å². The van der Waals surface area contributed by atoms with E-state index in [1.165, 1.54) is 231 Å². The van der Waals surface area contributed by atoms with Gasteiger partial charge in [-0.15, -0.1) is 0 Å². The largest absolute Gasteiger partial charge is 0.257 e. The summed E-state index contributed by atoms with van der Waals surface area (Å²) in [5, 5.41) is 0. The molecule has 1 N–H and O–H groups in total. The van der Waals surface area contributed by atoms with Crippen LogP contribution in [-0.2, 0) is 0 Å². The van der Waals surface area contributed by atoms with Crippen LogP contribution in [0.3, 0.4) is 0 Å². The predicted molar refractivity (Wildman–Crippen MR) is 207 cm³/mol. The van der Waals surface area contributed by atoms with Crippen molar-refractivity contribution in [3.63, 3.8) is 0 Å². The number of hydrogen-bond acceptors (Lipinski definition) is 0. The maximum atomic E-state index is 3.76. The van der Waals surface area contributed by atoms with Gasteiger partial charge < -0.3 is 0 Å². The van der Waals surface area contributed by atoms with Gasteiger partial charge in [0.1, 0.15) is 12.4 Å². The molecule has 2 nitrogen and oxygen atoms in total. The maximum Gasteiger partial charge on any atom is 0.257 e. The maximum absolute atomic E-state index is 3.76. The summed E-state index contributed by atoms with van der Waals surface area (Å²) in [7, 11) is 0. The second kappa shape index (κ2) is 34.1. The Kier molecular flexibility index (Phi) is 32.0. The van der Waals surface area contributed by atoms with Crippen LogP contribution >= 0.6 is 0 Å². The Morgan fingerprint density at radius 1 is 0.413 bits per heavy atom. The molecule has 0 aliphatic rings. The van der Waals surface area contributed by atoms with Gasteiger partial charge in [0.25, 0.3) is 5.82 Å². The molecule has 272 valence electrons. The van der Waals surface area contributed by atoms with Crippen LogP contribution in [0.4, 0.5) is 0 Å². The number of aromatic amines is 1. The molecule has 0 aliphatic heterocycles. The molecule has 1 aromatic rings. The predicted octanol–water partition coefficient (Wildman–Crippen LogP) is 15.7. The minimum atomic E-state index is 0.619. The lowest BCUT2D eigenvalue weighted by Gasteiger charge is -2.17. The van der Waals surface area contributed by atoms with Crippen molar-refractivity contribution in [2.75, 3.05) is 0 Å². The number of hydrogen-bond donors (Lipinski definition) is 1. The summed E-state index contributed by atoms with van der Waals surface area (Å²) in [6.45, 7) is 9.42. The monoisotopic (exact) mass is 644 g/mol. The van der Waals surface area contributed by atoms with E-state index in [0.29, 0.717) is 12.0 Å². The average Bonchev–Trinajstić information content (AvgIpc) is 3.56. The van der Waals surface area contributed by atoms with Crippen LogP contribution in [0, 0.1) is 0 Å². The first-order valence-electron chi connectivity index (χ1n) is 21.8. The normalized spacial score (nSPS) is 13.0. The summed E-state index contributed by atoms with van der Waals surface area (Å²) in [5.41, 5.74) is 0. The molecular formula is C44H87N2+. The Morgan fingerprint density at radius 2 is 0.696 bits per heavy atom. The molecule has 0 saturated carbocycles. The van der Waals surface area contributed by atoms with Crippen molar-refractivity contribution in [2.45, 2.75) is 264 Å². The first-order valence-corrected chi connectivity index (χ1v) is 21.8. The second-order valence-electron chi connectivity index (χ2n) is 15.4. The zero-order valence-electron chi connectivity index (χ0n) is 32.5. The smallest absolute Gasteiger partial charge is 0.247 e. The van der Waals surface area contributed by atoms with Gasteiger partial charge in [-0.2, -0.15) is 0 Å². The molecule has 0 aliphatic carbocycles. The first-order chi connectivity index (χ1) is 22.7. The number of nitrogens with zero attached hydrogens (tertiary/aromatic N) is 1. The average molecular weight is 644 g/mol. The number of rotatable bonds is 37. The molecule has 2 heteroatoms. The van der Waals surface area contributed by atoms with Crippen molar-refractivity contribution in [3.8, 4) is 0 Å². The molecular weight excluding hydrogens is 556 g/mol. The van der Waals surface area contributed by atoms with E-state index >= 15 is 0 Å². The van der Waals surface area contributed by atoms with E-state index in [1.54, 1.807) is 0 Å². The van der Waals surface area contributed by atoms with E-state index in [4.69, 9.17) is 0 Å². The van der Waals surface area contributed by atoms with Gasteiger partial charge in [-0.3, -0.25) is 0 Å². The topological polar surface area (TPSA) is 19.7 Å². The van der Waals surface area contributed by atoms with Gasteiger partial charge in [-0.05, 0) is 32.6 Å². The number of imidazole rings is 1. The van der Waals surface area contributed by atoms with Crippen LogP contribution < -0.4 is 4.57 Å². The fraction of sp³-hybridized carbons (Fsp3) is 0.932. The van der Waals surface area contributed by atoms with Gasteiger partial charge in [0.2, 0.25) is 0 Å². The fourth-order valence-electron chi connectivity index (χ4n) is 7.66. The second-order valence-corrected chi connectivity index (χ2v) is 15.4. The molecule has 1 aromatic heterocycles. The number of aromatic nitrogens is 2. The minimum Gasteiger partial charge on any atom is -0.247 e. The van der Waals surface area contributed by atoms with E-state index < -0.39 is 0 Å². The highest BCUT2D eigenvalue weighted by molar-refractivity contribution is 4.90. The van der Waals surface area contributed by atoms with Gasteiger partial charge in [0, 0.05) is 0 Å². The Morgan fingerprint density at radius 3 is 1.02 bits per heavy atom. The van der Waals surface area contributed by atoms with E-state index in [-0.39, 0.29) is 0 Å². The van der Waals surface area contributed by atoms with E-state index in [9.17, 15) is 0 Å². The van der Waals surface area contributed by atoms with E-state index in [0.717, 1.165) is 0 Å². The number of H-pyrrole nitrogens is 1. The van der Waals surface area contributed by atoms with E-state index in [1.807, 2.05) is 0 Å². The Labute approximate surface area is 291 Å². The fourth-order valence-corrected chi connectivity index (χ4v) is 7.66. The number of nitrogens with one attached hydrogen (secondary N) is 1. The summed E-state index contributed by atoms with van der Waals surface area (Å²) in [6, 6.07) is 0.619. The Balaban J connectivity index is 2.36. The first kappa shape index (κ1) is 43.2. The van der Waals surface area contributed by atoms with Crippen LogP contribution in [-0.4, -0.2) is 4.98 Å². The zero-order valence-corrected chi connectivity index (χ0v) is 32.5. The van der Waals surface area contributed by atoms with Crippen molar-refractivity contribution < 1.29 is 4.57 Å². The van der Waals surface area contributed by atoms with E-state index in [2.05, 4.69) is 49.6 Å². The molecule has 46 heavy (non-hydrogen) atoms. The summed E-state index contributed by atoms with van der Waals surface area (Å²) < 4.78 is 2.64. The Hall–Kier alpha value is -0.790. The molecule has 0 radical (unpaired) electrons. The lowest BCUT2D eigenvalue weighted by Crippen LogP contribution is -2.41. The minimum absolute atomic E-state index is 0.619. The molecule has 2 atom stereocenters. The molecule has 0 fully saturated rings. The lowest BCUT2D eigenvalue weighted by atomic mass is 9.92. The summed E-state index contributed by atoms with van der Waals surface area (Å²) in [4.78, 5) is 3.76. The van der Waals surface area contributed by atoms with Crippen molar-refractivity contribution in [1.29, 1.82) is 0 Å². The zero-order chi connectivity index (χ0) is 33.2. The highest BCUT2D eigenvalue weighted by Gasteiger charge is 2.25. The van der Waals surface area contributed by atoms with Crippen molar-refractivity contribution in [3.05, 3.63) is 18.2 Å². The third-order valence-corrected chi connectivity index (χ3v) is 10.9. The third-order valence-electron chi connectivity index (χ3n) is 10.9. The molecule has 0 amide bonds. The van der Waals surface area contributed by atoms with Gasteiger partial charge in [0.15, 0.2) is 0 Å². The van der Waals surface area contributed by atoms with Gasteiger partial charge >= 0.3 is 0 Å². The van der Waals surface area contributed by atoms with Gasteiger partial charge in [-0.1, -0.05) is 220 Å². The van der Waals surface area contributed by atoms with Crippen molar-refractivity contribution in [1.82, 2.24) is 4.98 Å². The molecule has 0 aromatic carbocycles.